The van der Waals surface area contributed by atoms with Crippen molar-refractivity contribution in [2.75, 3.05) is 23.3 Å². The van der Waals surface area contributed by atoms with E-state index in [0.29, 0.717) is 5.92 Å². The molecule has 1 aliphatic rings. The highest BCUT2D eigenvalue weighted by atomic mass is 19.1. The third-order valence-corrected chi connectivity index (χ3v) is 6.38. The Balaban J connectivity index is 1.75. The molecule has 1 atom stereocenters. The zero-order chi connectivity index (χ0) is 22.9. The van der Waals surface area contributed by atoms with Crippen LogP contribution in [0.15, 0.2) is 67.6 Å². The van der Waals surface area contributed by atoms with Crippen molar-refractivity contribution in [1.29, 1.82) is 0 Å². The average Bonchev–Trinajstić information content (AvgIpc) is 3.43. The number of aromatic nitrogens is 3. The van der Waals surface area contributed by atoms with Crippen LogP contribution in [0.5, 0.6) is 0 Å². The monoisotopic (exact) mass is 441 g/mol. The number of fused-ring (bicyclic) bond motifs is 1. The van der Waals surface area contributed by atoms with Crippen molar-refractivity contribution in [3.63, 3.8) is 0 Å². The van der Waals surface area contributed by atoms with Crippen molar-refractivity contribution in [1.82, 2.24) is 14.4 Å². The van der Waals surface area contributed by atoms with Gasteiger partial charge in [-0.1, -0.05) is 26.5 Å². The van der Waals surface area contributed by atoms with Gasteiger partial charge in [-0.2, -0.15) is 0 Å². The number of nitrogens with zero attached hydrogens (tertiary/aromatic N) is 4. The van der Waals surface area contributed by atoms with Gasteiger partial charge in [0.1, 0.15) is 5.82 Å². The third-order valence-electron chi connectivity index (χ3n) is 6.38. The molecule has 1 unspecified atom stereocenters. The van der Waals surface area contributed by atoms with Crippen LogP contribution in [0.2, 0.25) is 0 Å². The van der Waals surface area contributed by atoms with E-state index in [2.05, 4.69) is 53.2 Å². The van der Waals surface area contributed by atoms with Crippen molar-refractivity contribution in [2.24, 2.45) is 5.92 Å². The van der Waals surface area contributed by atoms with Crippen LogP contribution in [-0.2, 0) is 6.42 Å². The van der Waals surface area contributed by atoms with E-state index in [9.17, 15) is 4.39 Å². The number of halogens is 1. The minimum Gasteiger partial charge on any atom is -0.362 e. The van der Waals surface area contributed by atoms with Crippen molar-refractivity contribution >= 4 is 17.2 Å². The fourth-order valence-corrected chi connectivity index (χ4v) is 4.68. The van der Waals surface area contributed by atoms with Crippen molar-refractivity contribution in [2.45, 2.75) is 26.7 Å². The molecule has 1 N–H and O–H groups in total. The van der Waals surface area contributed by atoms with E-state index < -0.39 is 0 Å². The second-order valence-electron chi connectivity index (χ2n) is 8.67. The van der Waals surface area contributed by atoms with Gasteiger partial charge in [0, 0.05) is 42.3 Å². The molecule has 1 fully saturated rings. The SMILES string of the molecule is C=CNc1ccc(-c2c(-c3ccc(F)cc3)nc3c(N4CCC(C)C4)nccn23)cc1CC. The summed E-state index contributed by atoms with van der Waals surface area (Å²) in [7, 11) is 0. The Kier molecular flexibility index (Phi) is 5.58. The van der Waals surface area contributed by atoms with Crippen LogP contribution in [-0.4, -0.2) is 27.5 Å². The summed E-state index contributed by atoms with van der Waals surface area (Å²) in [5.74, 6) is 1.28. The summed E-state index contributed by atoms with van der Waals surface area (Å²) in [5, 5.41) is 3.22. The second-order valence-corrected chi connectivity index (χ2v) is 8.67. The van der Waals surface area contributed by atoms with Crippen LogP contribution < -0.4 is 10.2 Å². The molecule has 0 spiro atoms. The first-order chi connectivity index (χ1) is 16.1. The first kappa shape index (κ1) is 21.2. The van der Waals surface area contributed by atoms with Gasteiger partial charge in [0.25, 0.3) is 0 Å². The van der Waals surface area contributed by atoms with Gasteiger partial charge in [-0.05, 0) is 66.9 Å². The van der Waals surface area contributed by atoms with Gasteiger partial charge >= 0.3 is 0 Å². The molecule has 168 valence electrons. The number of hydrogen-bond acceptors (Lipinski definition) is 4. The lowest BCUT2D eigenvalue weighted by Crippen LogP contribution is -2.21. The Labute approximate surface area is 193 Å². The third kappa shape index (κ3) is 3.86. The fourth-order valence-electron chi connectivity index (χ4n) is 4.68. The number of hydrogen-bond donors (Lipinski definition) is 1. The topological polar surface area (TPSA) is 45.5 Å². The van der Waals surface area contributed by atoms with E-state index in [1.165, 1.54) is 17.7 Å². The van der Waals surface area contributed by atoms with Gasteiger partial charge < -0.3 is 10.2 Å². The van der Waals surface area contributed by atoms with E-state index in [1.54, 1.807) is 18.3 Å². The average molecular weight is 442 g/mol. The highest BCUT2D eigenvalue weighted by molar-refractivity contribution is 5.85. The summed E-state index contributed by atoms with van der Waals surface area (Å²) in [6.07, 6.45) is 7.54. The largest absolute Gasteiger partial charge is 0.362 e. The summed E-state index contributed by atoms with van der Waals surface area (Å²) >= 11 is 0. The number of anilines is 2. The molecule has 1 aliphatic heterocycles. The molecular weight excluding hydrogens is 413 g/mol. The van der Waals surface area contributed by atoms with E-state index in [4.69, 9.17) is 9.97 Å². The molecule has 5 rings (SSSR count). The highest BCUT2D eigenvalue weighted by Crippen LogP contribution is 2.37. The minimum absolute atomic E-state index is 0.259. The molecule has 0 radical (unpaired) electrons. The lowest BCUT2D eigenvalue weighted by molar-refractivity contribution is 0.628. The normalized spacial score (nSPS) is 15.8. The lowest BCUT2D eigenvalue weighted by Gasteiger charge is -2.17. The fraction of sp³-hybridized carbons (Fsp3) is 0.259. The van der Waals surface area contributed by atoms with Gasteiger partial charge in [-0.25, -0.2) is 14.4 Å². The van der Waals surface area contributed by atoms with Crippen LogP contribution in [0.4, 0.5) is 15.9 Å². The first-order valence-corrected chi connectivity index (χ1v) is 11.5. The standard InChI is InChI=1S/C27H28FN5/c1-4-19-16-21(8-11-23(19)29-5-2)25-24(20-6-9-22(28)10-7-20)31-27-26(30-13-15-33(25)27)32-14-12-18(3)17-32/h5-11,13,15-16,18,29H,2,4,12,14,17H2,1,3H3. The van der Waals surface area contributed by atoms with Gasteiger partial charge in [0.2, 0.25) is 0 Å². The van der Waals surface area contributed by atoms with Gasteiger partial charge in [0.15, 0.2) is 11.5 Å². The van der Waals surface area contributed by atoms with Crippen LogP contribution >= 0.6 is 0 Å². The predicted octanol–water partition coefficient (Wildman–Crippen LogP) is 6.17. The minimum atomic E-state index is -0.259. The van der Waals surface area contributed by atoms with Gasteiger partial charge in [-0.3, -0.25) is 4.40 Å². The van der Waals surface area contributed by atoms with Crippen molar-refractivity contribution in [3.05, 3.63) is 79.0 Å². The summed E-state index contributed by atoms with van der Waals surface area (Å²) in [6.45, 7) is 10.1. The zero-order valence-corrected chi connectivity index (χ0v) is 19.1. The molecule has 33 heavy (non-hydrogen) atoms. The van der Waals surface area contributed by atoms with Crippen LogP contribution in [0.25, 0.3) is 28.2 Å². The lowest BCUT2D eigenvalue weighted by atomic mass is 10.0. The summed E-state index contributed by atoms with van der Waals surface area (Å²) in [4.78, 5) is 12.1. The second kappa shape index (κ2) is 8.70. The summed E-state index contributed by atoms with van der Waals surface area (Å²) in [5.41, 5.74) is 6.79. The van der Waals surface area contributed by atoms with Gasteiger partial charge in [0.05, 0.1) is 11.4 Å². The molecule has 4 aromatic rings. The molecule has 3 heterocycles. The molecule has 5 nitrogen and oxygen atoms in total. The summed E-state index contributed by atoms with van der Waals surface area (Å²) < 4.78 is 15.8. The number of benzene rings is 2. The van der Waals surface area contributed by atoms with E-state index in [0.717, 1.165) is 65.6 Å². The van der Waals surface area contributed by atoms with Crippen LogP contribution in [0.1, 0.15) is 25.8 Å². The molecule has 2 aromatic carbocycles. The Bertz CT molecular complexity index is 1310. The maximum Gasteiger partial charge on any atom is 0.181 e. The smallest absolute Gasteiger partial charge is 0.181 e. The van der Waals surface area contributed by atoms with E-state index >= 15 is 0 Å². The molecule has 6 heteroatoms. The number of nitrogens with one attached hydrogen (secondary N) is 1. The maximum atomic E-state index is 13.7. The molecule has 0 aliphatic carbocycles. The van der Waals surface area contributed by atoms with Crippen molar-refractivity contribution < 1.29 is 4.39 Å². The Morgan fingerprint density at radius 1 is 1.18 bits per heavy atom. The molecule has 0 saturated carbocycles. The maximum absolute atomic E-state index is 13.7. The molecular formula is C27H28FN5. The quantitative estimate of drug-likeness (QED) is 0.389. The number of imidazole rings is 1. The van der Waals surface area contributed by atoms with Crippen molar-refractivity contribution in [3.8, 4) is 22.5 Å². The number of aryl methyl sites for hydroxylation is 1. The van der Waals surface area contributed by atoms with E-state index in [-0.39, 0.29) is 5.82 Å². The first-order valence-electron chi connectivity index (χ1n) is 11.5. The molecule has 1 saturated heterocycles. The molecule has 0 amide bonds. The Morgan fingerprint density at radius 2 is 1.97 bits per heavy atom. The Morgan fingerprint density at radius 3 is 2.67 bits per heavy atom. The van der Waals surface area contributed by atoms with E-state index in [1.807, 2.05) is 12.4 Å². The van der Waals surface area contributed by atoms with Crippen LogP contribution in [0, 0.1) is 11.7 Å². The summed E-state index contributed by atoms with van der Waals surface area (Å²) in [6, 6.07) is 12.9. The number of rotatable bonds is 6. The van der Waals surface area contributed by atoms with Gasteiger partial charge in [-0.15, -0.1) is 0 Å². The predicted molar refractivity (Wildman–Crippen MR) is 133 cm³/mol. The van der Waals surface area contributed by atoms with Crippen LogP contribution in [0.3, 0.4) is 0 Å². The highest BCUT2D eigenvalue weighted by Gasteiger charge is 2.25. The Hall–Kier alpha value is -3.67. The zero-order valence-electron chi connectivity index (χ0n) is 19.1. The molecule has 2 aromatic heterocycles. The molecule has 0 bridgehead atoms.